The molecule has 0 unspecified atom stereocenters. The Morgan fingerprint density at radius 3 is 2.83 bits per heavy atom. The molecule has 1 saturated heterocycles. The first-order chi connectivity index (χ1) is 14.2. The third-order valence-corrected chi connectivity index (χ3v) is 6.14. The number of halogens is 1. The van der Waals surface area contributed by atoms with Crippen LogP contribution in [0, 0.1) is 11.7 Å². The van der Waals surface area contributed by atoms with Gasteiger partial charge in [0.2, 0.25) is 11.9 Å². The van der Waals surface area contributed by atoms with E-state index in [4.69, 9.17) is 0 Å². The highest BCUT2D eigenvalue weighted by Gasteiger charge is 2.27. The molecule has 1 aliphatic heterocycles. The van der Waals surface area contributed by atoms with Gasteiger partial charge in [0.1, 0.15) is 5.82 Å². The van der Waals surface area contributed by atoms with Crippen molar-refractivity contribution in [2.75, 3.05) is 18.4 Å². The molecule has 1 aliphatic carbocycles. The first kappa shape index (κ1) is 19.8. The highest BCUT2D eigenvalue weighted by atomic mass is 19.1. The lowest BCUT2D eigenvalue weighted by atomic mass is 9.86. The molecule has 5 nitrogen and oxygen atoms in total. The van der Waals surface area contributed by atoms with Crippen molar-refractivity contribution in [3.05, 3.63) is 48.0 Å². The van der Waals surface area contributed by atoms with E-state index in [0.717, 1.165) is 31.6 Å². The van der Waals surface area contributed by atoms with E-state index in [0.29, 0.717) is 29.9 Å². The zero-order valence-electron chi connectivity index (χ0n) is 16.8. The first-order valence-electron chi connectivity index (χ1n) is 10.8. The van der Waals surface area contributed by atoms with Gasteiger partial charge in [-0.15, -0.1) is 0 Å². The van der Waals surface area contributed by atoms with Crippen LogP contribution in [0.25, 0.3) is 0 Å². The second-order valence-corrected chi connectivity index (χ2v) is 8.33. The quantitative estimate of drug-likeness (QED) is 0.770. The van der Waals surface area contributed by atoms with E-state index >= 15 is 0 Å². The summed E-state index contributed by atoms with van der Waals surface area (Å²) >= 11 is 0. The Kier molecular flexibility index (Phi) is 6.37. The van der Waals surface area contributed by atoms with Crippen LogP contribution >= 0.6 is 0 Å². The largest absolute Gasteiger partial charge is 0.342 e. The second-order valence-electron chi connectivity index (χ2n) is 8.33. The minimum absolute atomic E-state index is 0.218. The Hall–Kier alpha value is -2.50. The Labute approximate surface area is 171 Å². The van der Waals surface area contributed by atoms with Gasteiger partial charge in [-0.25, -0.2) is 14.4 Å². The summed E-state index contributed by atoms with van der Waals surface area (Å²) < 4.78 is 13.4. The zero-order valence-corrected chi connectivity index (χ0v) is 16.8. The van der Waals surface area contributed by atoms with Gasteiger partial charge in [0.05, 0.1) is 5.69 Å². The fourth-order valence-electron chi connectivity index (χ4n) is 4.57. The molecule has 1 aromatic heterocycles. The van der Waals surface area contributed by atoms with Crippen LogP contribution in [0.15, 0.2) is 36.5 Å². The smallest absolute Gasteiger partial charge is 0.227 e. The Bertz CT molecular complexity index is 837. The minimum atomic E-state index is -0.300. The monoisotopic (exact) mass is 396 g/mol. The van der Waals surface area contributed by atoms with Gasteiger partial charge >= 0.3 is 0 Å². The van der Waals surface area contributed by atoms with E-state index in [-0.39, 0.29) is 11.7 Å². The van der Waals surface area contributed by atoms with Crippen molar-refractivity contribution >= 4 is 17.5 Å². The Morgan fingerprint density at radius 2 is 2.00 bits per heavy atom. The van der Waals surface area contributed by atoms with Crippen molar-refractivity contribution < 1.29 is 9.18 Å². The molecule has 1 atom stereocenters. The van der Waals surface area contributed by atoms with Crippen molar-refractivity contribution in [1.82, 2.24) is 14.9 Å². The van der Waals surface area contributed by atoms with Crippen LogP contribution in [-0.4, -0.2) is 33.9 Å². The molecule has 2 aliphatic rings. The van der Waals surface area contributed by atoms with Gasteiger partial charge in [0.15, 0.2) is 0 Å². The average Bonchev–Trinajstić information content (AvgIpc) is 2.75. The molecule has 0 radical (unpaired) electrons. The van der Waals surface area contributed by atoms with Crippen LogP contribution in [0.1, 0.15) is 63.0 Å². The molecule has 2 fully saturated rings. The number of carbonyl (C=O) groups excluding carboxylic acids is 1. The number of anilines is 2. The molecular weight excluding hydrogens is 367 g/mol. The highest BCUT2D eigenvalue weighted by molar-refractivity contribution is 5.76. The number of rotatable bonds is 5. The predicted molar refractivity (Wildman–Crippen MR) is 111 cm³/mol. The fourth-order valence-corrected chi connectivity index (χ4v) is 4.57. The van der Waals surface area contributed by atoms with E-state index < -0.39 is 0 Å². The van der Waals surface area contributed by atoms with Crippen molar-refractivity contribution in [1.29, 1.82) is 0 Å². The molecule has 4 rings (SSSR count). The molecular formula is C23H29FN4O. The van der Waals surface area contributed by atoms with Crippen LogP contribution in [-0.2, 0) is 4.79 Å². The molecule has 1 saturated carbocycles. The Balaban J connectivity index is 1.39. The van der Waals surface area contributed by atoms with Gasteiger partial charge in [-0.2, -0.15) is 0 Å². The van der Waals surface area contributed by atoms with E-state index in [1.54, 1.807) is 18.3 Å². The molecule has 0 bridgehead atoms. The zero-order chi connectivity index (χ0) is 20.1. The lowest BCUT2D eigenvalue weighted by Gasteiger charge is -2.34. The third-order valence-electron chi connectivity index (χ3n) is 6.14. The number of hydrogen-bond donors (Lipinski definition) is 1. The standard InChI is InChI=1S/C23H29FN4O/c24-19-9-4-10-20(15-19)26-23-25-12-11-21(27-23)18-8-5-13-28(16-18)22(29)14-17-6-2-1-3-7-17/h4,9-12,15,17-18H,1-3,5-8,13-14,16H2,(H,25,26,27)/t18-/m0/s1. The van der Waals surface area contributed by atoms with Crippen molar-refractivity contribution in [3.63, 3.8) is 0 Å². The number of likely N-dealkylation sites (tertiary alicyclic amines) is 1. The Morgan fingerprint density at radius 1 is 1.14 bits per heavy atom. The van der Waals surface area contributed by atoms with Gasteiger partial charge in [-0.3, -0.25) is 4.79 Å². The van der Waals surface area contributed by atoms with Crippen molar-refractivity contribution in [2.45, 2.75) is 57.3 Å². The summed E-state index contributed by atoms with van der Waals surface area (Å²) in [6.45, 7) is 1.57. The van der Waals surface area contributed by atoms with Crippen molar-refractivity contribution in [2.24, 2.45) is 5.92 Å². The van der Waals surface area contributed by atoms with Crippen LogP contribution in [0.4, 0.5) is 16.0 Å². The number of amides is 1. The molecule has 6 heteroatoms. The highest BCUT2D eigenvalue weighted by Crippen LogP contribution is 2.30. The second kappa shape index (κ2) is 9.33. The first-order valence-corrected chi connectivity index (χ1v) is 10.8. The summed E-state index contributed by atoms with van der Waals surface area (Å²) in [5, 5.41) is 3.07. The molecule has 0 spiro atoms. The molecule has 2 aromatic rings. The molecule has 2 heterocycles. The predicted octanol–water partition coefficient (Wildman–Crippen LogP) is 5.04. The number of benzene rings is 1. The molecule has 29 heavy (non-hydrogen) atoms. The summed E-state index contributed by atoms with van der Waals surface area (Å²) in [7, 11) is 0. The van der Waals surface area contributed by atoms with E-state index in [1.165, 1.54) is 44.2 Å². The van der Waals surface area contributed by atoms with Crippen LogP contribution in [0.3, 0.4) is 0 Å². The maximum Gasteiger partial charge on any atom is 0.227 e. The van der Waals surface area contributed by atoms with Gasteiger partial charge in [-0.1, -0.05) is 25.3 Å². The molecule has 1 aromatic carbocycles. The molecule has 1 N–H and O–H groups in total. The summed E-state index contributed by atoms with van der Waals surface area (Å²) in [4.78, 5) is 23.8. The normalized spacial score (nSPS) is 20.4. The van der Waals surface area contributed by atoms with Crippen LogP contribution in [0.2, 0.25) is 0 Å². The third kappa shape index (κ3) is 5.31. The summed E-state index contributed by atoms with van der Waals surface area (Å²) in [5.74, 6) is 1.24. The lowest BCUT2D eigenvalue weighted by molar-refractivity contribution is -0.133. The summed E-state index contributed by atoms with van der Waals surface area (Å²) in [6.07, 6.45) is 10.7. The topological polar surface area (TPSA) is 58.1 Å². The fraction of sp³-hybridized carbons (Fsp3) is 0.522. The molecule has 1 amide bonds. The molecule has 154 valence electrons. The SMILES string of the molecule is O=C(CC1CCCCC1)N1CCC[C@H](c2ccnc(Nc3cccc(F)c3)n2)C1. The number of nitrogens with one attached hydrogen (secondary N) is 1. The van der Waals surface area contributed by atoms with Crippen LogP contribution < -0.4 is 5.32 Å². The maximum atomic E-state index is 13.4. The van der Waals surface area contributed by atoms with E-state index in [9.17, 15) is 9.18 Å². The van der Waals surface area contributed by atoms with Gasteiger partial charge in [0.25, 0.3) is 0 Å². The maximum absolute atomic E-state index is 13.4. The number of aromatic nitrogens is 2. The summed E-state index contributed by atoms with van der Waals surface area (Å²) in [6, 6.07) is 8.19. The minimum Gasteiger partial charge on any atom is -0.342 e. The lowest BCUT2D eigenvalue weighted by Crippen LogP contribution is -2.40. The van der Waals surface area contributed by atoms with Gasteiger partial charge < -0.3 is 10.2 Å². The van der Waals surface area contributed by atoms with Crippen molar-refractivity contribution in [3.8, 4) is 0 Å². The van der Waals surface area contributed by atoms with Gasteiger partial charge in [0, 0.05) is 37.3 Å². The van der Waals surface area contributed by atoms with Gasteiger partial charge in [-0.05, 0) is 55.9 Å². The average molecular weight is 397 g/mol. The number of piperidine rings is 1. The number of nitrogens with zero attached hydrogens (tertiary/aromatic N) is 3. The van der Waals surface area contributed by atoms with E-state index in [1.807, 2.05) is 11.0 Å². The number of carbonyl (C=O) groups is 1. The van der Waals surface area contributed by atoms with E-state index in [2.05, 4.69) is 15.3 Å². The number of hydrogen-bond acceptors (Lipinski definition) is 4. The summed E-state index contributed by atoms with van der Waals surface area (Å²) in [5.41, 5.74) is 1.56. The van der Waals surface area contributed by atoms with Crippen LogP contribution in [0.5, 0.6) is 0 Å².